The molecule has 0 atom stereocenters. The van der Waals surface area contributed by atoms with Crippen molar-refractivity contribution in [2.24, 2.45) is 5.73 Å². The molecule has 130 valence electrons. The third kappa shape index (κ3) is 4.40. The van der Waals surface area contributed by atoms with Crippen molar-refractivity contribution >= 4 is 20.0 Å². The Morgan fingerprint density at radius 3 is 2.04 bits per heavy atom. The van der Waals surface area contributed by atoms with Crippen LogP contribution in [0, 0.1) is 0 Å². The van der Waals surface area contributed by atoms with Crippen LogP contribution in [0.4, 0.5) is 26.3 Å². The lowest BCUT2D eigenvalue weighted by Gasteiger charge is -2.13. The quantitative estimate of drug-likeness (QED) is 0.519. The maximum Gasteiger partial charge on any atom is 0.416 e. The van der Waals surface area contributed by atoms with Crippen LogP contribution in [0.3, 0.4) is 0 Å². The predicted molar refractivity (Wildman–Crippen MR) is 74.7 cm³/mol. The van der Waals surface area contributed by atoms with E-state index in [4.69, 9.17) is 13.6 Å². The van der Waals surface area contributed by atoms with Crippen molar-refractivity contribution in [3.05, 3.63) is 41.1 Å². The van der Waals surface area contributed by atoms with Crippen LogP contribution >= 0.6 is 0 Å². The van der Waals surface area contributed by atoms with Gasteiger partial charge in [-0.1, -0.05) is 0 Å². The summed E-state index contributed by atoms with van der Waals surface area (Å²) in [4.78, 5) is 14.4. The fraction of sp³-hybridized carbons (Fsp3) is 0.154. The van der Waals surface area contributed by atoms with Gasteiger partial charge in [-0.05, 0) is 23.7 Å². The van der Waals surface area contributed by atoms with Crippen LogP contribution < -0.4 is 5.73 Å². The van der Waals surface area contributed by atoms with Crippen molar-refractivity contribution in [1.82, 2.24) is 14.8 Å². The van der Waals surface area contributed by atoms with Crippen molar-refractivity contribution in [1.29, 1.82) is 0 Å². The van der Waals surface area contributed by atoms with Crippen LogP contribution in [-0.2, 0) is 17.1 Å². The first kappa shape index (κ1) is 18.6. The average molecular weight is 360 g/mol. The molecule has 1 heterocycles. The van der Waals surface area contributed by atoms with Crippen LogP contribution in [0.1, 0.15) is 11.1 Å². The van der Waals surface area contributed by atoms with Gasteiger partial charge in [-0.25, -0.2) is 9.67 Å². The lowest BCUT2D eigenvalue weighted by molar-refractivity contribution is -0.143. The van der Waals surface area contributed by atoms with Gasteiger partial charge in [-0.3, -0.25) is 4.79 Å². The van der Waals surface area contributed by atoms with Gasteiger partial charge >= 0.3 is 12.4 Å². The molecular weight excluding hydrogens is 353 g/mol. The van der Waals surface area contributed by atoms with E-state index in [1.54, 1.807) is 0 Å². The number of amides is 1. The summed E-state index contributed by atoms with van der Waals surface area (Å²) in [6.07, 6.45) is -8.13. The number of carbonyl (C=O) groups excluding carboxylic acids is 1. The zero-order chi connectivity index (χ0) is 19.0. The number of alkyl halides is 6. The molecule has 2 aromatic rings. The topological polar surface area (TPSA) is 73.8 Å². The Labute approximate surface area is 137 Å². The fourth-order valence-corrected chi connectivity index (χ4v) is 1.76. The number of primary amides is 1. The molecule has 0 fully saturated rings. The second kappa shape index (κ2) is 6.26. The van der Waals surface area contributed by atoms with Gasteiger partial charge in [0.05, 0.1) is 11.1 Å². The minimum Gasteiger partial charge on any atom is -0.367 e. The normalized spacial score (nSPS) is 13.1. The second-order valence-electron chi connectivity index (χ2n) is 4.79. The number of nitrogens with zero attached hydrogens (tertiary/aromatic N) is 3. The van der Waals surface area contributed by atoms with Crippen LogP contribution in [0.15, 0.2) is 30.0 Å². The summed E-state index contributed by atoms with van der Waals surface area (Å²) < 4.78 is 77.8. The molecule has 0 aliphatic rings. The van der Waals surface area contributed by atoms with E-state index in [0.29, 0.717) is 12.1 Å². The lowest BCUT2D eigenvalue weighted by atomic mass is 9.97. The molecule has 12 heteroatoms. The molecule has 2 rings (SSSR count). The lowest BCUT2D eigenvalue weighted by Crippen LogP contribution is -2.14. The summed E-state index contributed by atoms with van der Waals surface area (Å²) in [5.74, 6) is -1.42. The zero-order valence-electron chi connectivity index (χ0n) is 12.1. The number of benzene rings is 1. The maximum atomic E-state index is 12.8. The molecule has 1 aromatic heterocycles. The highest BCUT2D eigenvalue weighted by Gasteiger charge is 2.37. The highest BCUT2D eigenvalue weighted by molar-refractivity contribution is 6.37. The number of halogens is 6. The molecule has 0 saturated heterocycles. The van der Waals surface area contributed by atoms with Crippen molar-refractivity contribution < 1.29 is 31.1 Å². The summed E-state index contributed by atoms with van der Waals surface area (Å²) in [6, 6.07) is 0.956. The van der Waals surface area contributed by atoms with Gasteiger partial charge in [0.25, 0.3) is 0 Å². The first-order valence-electron chi connectivity index (χ1n) is 6.36. The number of nitrogens with two attached hydrogens (primary N) is 1. The van der Waals surface area contributed by atoms with Gasteiger partial charge in [0.1, 0.15) is 14.2 Å². The number of carbonyl (C=O) groups is 1. The van der Waals surface area contributed by atoms with Gasteiger partial charge in [0.2, 0.25) is 5.91 Å². The van der Waals surface area contributed by atoms with Gasteiger partial charge < -0.3 is 5.73 Å². The zero-order valence-corrected chi connectivity index (χ0v) is 12.1. The van der Waals surface area contributed by atoms with Gasteiger partial charge in [-0.15, -0.1) is 5.10 Å². The minimum absolute atomic E-state index is 0.00846. The van der Waals surface area contributed by atoms with E-state index in [0.717, 1.165) is 17.2 Å². The summed E-state index contributed by atoms with van der Waals surface area (Å²) in [7, 11) is 5.26. The molecule has 0 saturated carbocycles. The summed E-state index contributed by atoms with van der Waals surface area (Å²) in [6.45, 7) is 0. The monoisotopic (exact) mass is 360 g/mol. The molecule has 2 radical (unpaired) electrons. The van der Waals surface area contributed by atoms with E-state index in [-0.39, 0.29) is 6.07 Å². The van der Waals surface area contributed by atoms with Crippen molar-refractivity contribution in [3.8, 4) is 11.4 Å². The van der Waals surface area contributed by atoms with E-state index in [2.05, 4.69) is 10.1 Å². The van der Waals surface area contributed by atoms with Crippen LogP contribution in [0.25, 0.3) is 17.6 Å². The Bertz CT molecular complexity index is 808. The fourth-order valence-electron chi connectivity index (χ4n) is 1.76. The van der Waals surface area contributed by atoms with Gasteiger partial charge in [0, 0.05) is 11.8 Å². The number of hydrogen-bond acceptors (Lipinski definition) is 3. The predicted octanol–water partition coefficient (Wildman–Crippen LogP) is 2.43. The average Bonchev–Trinajstić information content (AvgIpc) is 2.93. The Morgan fingerprint density at radius 1 is 1.08 bits per heavy atom. The molecule has 0 spiro atoms. The first-order valence-corrected chi connectivity index (χ1v) is 6.36. The van der Waals surface area contributed by atoms with E-state index in [9.17, 15) is 31.1 Å². The summed E-state index contributed by atoms with van der Waals surface area (Å²) >= 11 is 0. The minimum atomic E-state index is -4.99. The molecule has 0 aliphatic carbocycles. The standard InChI is InChI=1S/C13H7BF6N4O/c14-9(10(21)25)4-24-5-22-11(23-24)6-1-7(12(15,16)17)3-8(2-6)13(18,19)20/h1-5H,(H2,21,25)/b9-4-. The Morgan fingerprint density at radius 2 is 1.60 bits per heavy atom. The van der Waals surface area contributed by atoms with Crippen molar-refractivity contribution in [2.45, 2.75) is 12.4 Å². The Kier molecular flexibility index (Phi) is 4.65. The van der Waals surface area contributed by atoms with E-state index < -0.39 is 46.2 Å². The molecule has 0 unspecified atom stereocenters. The third-order valence-electron chi connectivity index (χ3n) is 2.91. The second-order valence-corrected chi connectivity index (χ2v) is 4.79. The molecule has 1 aromatic carbocycles. The number of hydrogen-bond donors (Lipinski definition) is 1. The van der Waals surface area contributed by atoms with E-state index in [1.807, 2.05) is 0 Å². The molecule has 0 bridgehead atoms. The maximum absolute atomic E-state index is 12.8. The molecular formula is C13H7BF6N4O. The van der Waals surface area contributed by atoms with Crippen LogP contribution in [-0.4, -0.2) is 28.5 Å². The summed E-state index contributed by atoms with van der Waals surface area (Å²) in [5.41, 5.74) is 0.954. The highest BCUT2D eigenvalue weighted by atomic mass is 19.4. The number of aromatic nitrogens is 3. The largest absolute Gasteiger partial charge is 0.416 e. The van der Waals surface area contributed by atoms with E-state index in [1.165, 1.54) is 0 Å². The van der Waals surface area contributed by atoms with E-state index >= 15 is 0 Å². The molecule has 1 amide bonds. The van der Waals surface area contributed by atoms with Crippen molar-refractivity contribution in [2.75, 3.05) is 0 Å². The smallest absolute Gasteiger partial charge is 0.367 e. The SMILES string of the molecule is [B]/C(=C\n1cnc(-c2cc(C(F)(F)F)cc(C(F)(F)F)c2)n1)C(N)=O. The molecule has 2 N–H and O–H groups in total. The first-order chi connectivity index (χ1) is 11.4. The Balaban J connectivity index is 2.54. The number of rotatable bonds is 3. The van der Waals surface area contributed by atoms with Crippen molar-refractivity contribution in [3.63, 3.8) is 0 Å². The summed E-state index contributed by atoms with van der Waals surface area (Å²) in [5, 5.41) is 3.66. The Hall–Kier alpha value is -2.79. The van der Waals surface area contributed by atoms with Crippen LogP contribution in [0.5, 0.6) is 0 Å². The molecule has 5 nitrogen and oxygen atoms in total. The van der Waals surface area contributed by atoms with Gasteiger partial charge in [0.15, 0.2) is 5.82 Å². The molecule has 25 heavy (non-hydrogen) atoms. The highest BCUT2D eigenvalue weighted by Crippen LogP contribution is 2.37. The van der Waals surface area contributed by atoms with Gasteiger partial charge in [-0.2, -0.15) is 26.3 Å². The molecule has 0 aliphatic heterocycles. The van der Waals surface area contributed by atoms with Crippen LogP contribution in [0.2, 0.25) is 0 Å². The third-order valence-corrected chi connectivity index (χ3v) is 2.91.